The summed E-state index contributed by atoms with van der Waals surface area (Å²) < 4.78 is 5.43. The lowest BCUT2D eigenvalue weighted by Gasteiger charge is -2.19. The SMILES string of the molecule is C[SH](Cc1c[nH]c2cc(C(C)(C)C)ccc12)c1ncco1. The average Bonchev–Trinajstić information content (AvgIpc) is 3.07. The van der Waals surface area contributed by atoms with Crippen LogP contribution in [-0.2, 0) is 11.2 Å². The number of oxazole rings is 1. The van der Waals surface area contributed by atoms with Gasteiger partial charge >= 0.3 is 0 Å². The number of aromatic amines is 1. The number of rotatable bonds is 3. The second-order valence-electron chi connectivity index (χ2n) is 6.50. The fourth-order valence-electron chi connectivity index (χ4n) is 2.51. The summed E-state index contributed by atoms with van der Waals surface area (Å²) in [5.41, 5.74) is 4.09. The van der Waals surface area contributed by atoms with Crippen LogP contribution in [0.2, 0.25) is 0 Å². The van der Waals surface area contributed by atoms with Crippen LogP contribution in [-0.4, -0.2) is 16.2 Å². The van der Waals surface area contributed by atoms with Crippen molar-refractivity contribution < 1.29 is 4.42 Å². The average molecular weight is 302 g/mol. The summed E-state index contributed by atoms with van der Waals surface area (Å²) in [6, 6.07) is 6.74. The summed E-state index contributed by atoms with van der Waals surface area (Å²) in [5, 5.41) is 2.18. The Morgan fingerprint density at radius 3 is 2.76 bits per heavy atom. The van der Waals surface area contributed by atoms with Gasteiger partial charge < -0.3 is 9.40 Å². The first-order valence-electron chi connectivity index (χ1n) is 7.16. The van der Waals surface area contributed by atoms with Crippen LogP contribution in [0.5, 0.6) is 0 Å². The largest absolute Gasteiger partial charge is 0.441 e. The number of nitrogens with zero attached hydrogens (tertiary/aromatic N) is 1. The zero-order chi connectivity index (χ0) is 15.0. The summed E-state index contributed by atoms with van der Waals surface area (Å²) in [5.74, 6) is 0.991. The summed E-state index contributed by atoms with van der Waals surface area (Å²) >= 11 is 0. The topological polar surface area (TPSA) is 41.8 Å². The molecule has 0 saturated heterocycles. The summed E-state index contributed by atoms with van der Waals surface area (Å²) in [4.78, 5) is 7.69. The normalized spacial score (nSPS) is 14.6. The van der Waals surface area contributed by atoms with Gasteiger partial charge in [0.1, 0.15) is 6.26 Å². The van der Waals surface area contributed by atoms with Gasteiger partial charge in [-0.15, -0.1) is 0 Å². The highest BCUT2D eigenvalue weighted by atomic mass is 32.2. The molecule has 2 aromatic heterocycles. The third-order valence-electron chi connectivity index (χ3n) is 3.79. The van der Waals surface area contributed by atoms with Crippen LogP contribution in [0.25, 0.3) is 10.9 Å². The van der Waals surface area contributed by atoms with Crippen LogP contribution in [0.1, 0.15) is 31.9 Å². The van der Waals surface area contributed by atoms with Gasteiger partial charge in [-0.05, 0) is 28.9 Å². The van der Waals surface area contributed by atoms with Gasteiger partial charge in [0.2, 0.25) is 5.22 Å². The predicted molar refractivity (Wildman–Crippen MR) is 90.4 cm³/mol. The number of fused-ring (bicyclic) bond motifs is 1. The lowest BCUT2D eigenvalue weighted by atomic mass is 9.86. The molecular weight excluding hydrogens is 280 g/mol. The molecular formula is C17H22N2OS. The van der Waals surface area contributed by atoms with E-state index in [4.69, 9.17) is 4.42 Å². The summed E-state index contributed by atoms with van der Waals surface area (Å²) in [6.45, 7) is 6.73. The van der Waals surface area contributed by atoms with Crippen molar-refractivity contribution in [2.45, 2.75) is 37.2 Å². The van der Waals surface area contributed by atoms with Crippen LogP contribution >= 0.6 is 10.9 Å². The Morgan fingerprint density at radius 2 is 2.10 bits per heavy atom. The van der Waals surface area contributed by atoms with Gasteiger partial charge in [-0.1, -0.05) is 32.9 Å². The van der Waals surface area contributed by atoms with Gasteiger partial charge in [0.25, 0.3) is 0 Å². The molecule has 0 bridgehead atoms. The standard InChI is InChI=1S/C17H22N2OS/c1-17(2,3)13-5-6-14-12(10-19-15(14)9-13)11-21(4)16-18-7-8-20-16/h5-10,19,21H,11H2,1-4H3. The smallest absolute Gasteiger partial charge is 0.234 e. The second kappa shape index (κ2) is 5.26. The molecule has 0 radical (unpaired) electrons. The molecule has 0 amide bonds. The van der Waals surface area contributed by atoms with Crippen LogP contribution < -0.4 is 0 Å². The number of aromatic nitrogens is 2. The lowest BCUT2D eigenvalue weighted by Crippen LogP contribution is -2.10. The Kier molecular flexibility index (Phi) is 3.57. The van der Waals surface area contributed by atoms with Gasteiger partial charge in [-0.2, -0.15) is 10.9 Å². The van der Waals surface area contributed by atoms with Gasteiger partial charge in [0, 0.05) is 22.9 Å². The Balaban J connectivity index is 1.91. The van der Waals surface area contributed by atoms with Crippen molar-refractivity contribution in [3.63, 3.8) is 0 Å². The van der Waals surface area contributed by atoms with Crippen molar-refractivity contribution in [3.05, 3.63) is 48.0 Å². The van der Waals surface area contributed by atoms with Crippen LogP contribution in [0.15, 0.2) is 46.5 Å². The molecule has 1 unspecified atom stereocenters. The third-order valence-corrected chi connectivity index (χ3v) is 5.48. The first-order chi connectivity index (χ1) is 9.95. The quantitative estimate of drug-likeness (QED) is 0.692. The van der Waals surface area contributed by atoms with Crippen molar-refractivity contribution in [3.8, 4) is 0 Å². The van der Waals surface area contributed by atoms with Crippen molar-refractivity contribution in [1.82, 2.24) is 9.97 Å². The molecule has 3 rings (SSSR count). The maximum absolute atomic E-state index is 5.43. The minimum atomic E-state index is -0.390. The van der Waals surface area contributed by atoms with Crippen LogP contribution in [0.3, 0.4) is 0 Å². The van der Waals surface area contributed by atoms with Gasteiger partial charge in [-0.25, -0.2) is 4.98 Å². The molecule has 112 valence electrons. The molecule has 1 N–H and O–H groups in total. The molecule has 0 fully saturated rings. The van der Waals surface area contributed by atoms with E-state index in [2.05, 4.69) is 61.4 Å². The number of hydrogen-bond acceptors (Lipinski definition) is 2. The molecule has 3 nitrogen and oxygen atoms in total. The Bertz CT molecular complexity index is 738. The second-order valence-corrected chi connectivity index (χ2v) is 8.59. The molecule has 1 aromatic carbocycles. The highest BCUT2D eigenvalue weighted by molar-refractivity contribution is 8.15. The van der Waals surface area contributed by atoms with E-state index >= 15 is 0 Å². The molecule has 4 heteroatoms. The van der Waals surface area contributed by atoms with E-state index in [0.29, 0.717) is 0 Å². The van der Waals surface area contributed by atoms with Crippen LogP contribution in [0.4, 0.5) is 0 Å². The lowest BCUT2D eigenvalue weighted by molar-refractivity contribution is 0.452. The molecule has 0 aliphatic carbocycles. The zero-order valence-electron chi connectivity index (χ0n) is 13.0. The Labute approximate surface area is 128 Å². The van der Waals surface area contributed by atoms with Gasteiger partial charge in [0.05, 0.1) is 6.20 Å². The van der Waals surface area contributed by atoms with Crippen molar-refractivity contribution >= 4 is 21.8 Å². The Hall–Kier alpha value is -1.68. The van der Waals surface area contributed by atoms with E-state index in [0.717, 1.165) is 11.0 Å². The molecule has 0 aliphatic rings. The Morgan fingerprint density at radius 1 is 1.29 bits per heavy atom. The molecule has 21 heavy (non-hydrogen) atoms. The van der Waals surface area contributed by atoms with Crippen LogP contribution in [0, 0.1) is 0 Å². The van der Waals surface area contributed by atoms with E-state index in [1.165, 1.54) is 22.0 Å². The van der Waals surface area contributed by atoms with Crippen molar-refractivity contribution in [2.24, 2.45) is 0 Å². The maximum Gasteiger partial charge on any atom is 0.234 e. The minimum Gasteiger partial charge on any atom is -0.441 e. The van der Waals surface area contributed by atoms with E-state index in [1.54, 1.807) is 12.5 Å². The number of thiol groups is 1. The third kappa shape index (κ3) is 2.86. The van der Waals surface area contributed by atoms with E-state index in [9.17, 15) is 0 Å². The van der Waals surface area contributed by atoms with Crippen molar-refractivity contribution in [1.29, 1.82) is 0 Å². The molecule has 0 saturated carbocycles. The van der Waals surface area contributed by atoms with E-state index in [1.807, 2.05) is 0 Å². The molecule has 0 aliphatic heterocycles. The summed E-state index contributed by atoms with van der Waals surface area (Å²) in [6.07, 6.45) is 7.71. The van der Waals surface area contributed by atoms with E-state index < -0.39 is 10.9 Å². The number of H-pyrrole nitrogens is 1. The highest BCUT2D eigenvalue weighted by Crippen LogP contribution is 2.37. The number of hydrogen-bond donors (Lipinski definition) is 2. The van der Waals surface area contributed by atoms with E-state index in [-0.39, 0.29) is 5.41 Å². The first-order valence-corrected chi connectivity index (χ1v) is 9.14. The molecule has 1 atom stereocenters. The molecule has 0 spiro atoms. The summed E-state index contributed by atoms with van der Waals surface area (Å²) in [7, 11) is -0.390. The first kappa shape index (κ1) is 14.3. The fourth-order valence-corrected chi connectivity index (χ4v) is 3.92. The minimum absolute atomic E-state index is 0.176. The monoisotopic (exact) mass is 302 g/mol. The maximum atomic E-state index is 5.43. The zero-order valence-corrected chi connectivity index (χ0v) is 13.9. The van der Waals surface area contributed by atoms with Gasteiger partial charge in [0.15, 0.2) is 0 Å². The number of nitrogens with one attached hydrogen (secondary N) is 1. The highest BCUT2D eigenvalue weighted by Gasteiger charge is 2.16. The molecule has 3 aromatic rings. The predicted octanol–water partition coefficient (Wildman–Crippen LogP) is 4.64. The fraction of sp³-hybridized carbons (Fsp3) is 0.353. The van der Waals surface area contributed by atoms with Crippen molar-refractivity contribution in [2.75, 3.05) is 6.26 Å². The molecule has 2 heterocycles. The number of benzene rings is 1. The van der Waals surface area contributed by atoms with Gasteiger partial charge in [-0.3, -0.25) is 0 Å².